The van der Waals surface area contributed by atoms with Crippen molar-refractivity contribution in [1.82, 2.24) is 0 Å². The number of hydrogen-bond donors (Lipinski definition) is 0. The van der Waals surface area contributed by atoms with Gasteiger partial charge < -0.3 is 4.42 Å². The molecule has 0 radical (unpaired) electrons. The van der Waals surface area contributed by atoms with Crippen LogP contribution in [0.2, 0.25) is 0 Å². The van der Waals surface area contributed by atoms with Gasteiger partial charge in [0.15, 0.2) is 5.58 Å². The third-order valence-corrected chi connectivity index (χ3v) is 4.95. The largest absolute Gasteiger partial charge is 0.459 e. The van der Waals surface area contributed by atoms with Crippen LogP contribution in [0.4, 0.5) is 0 Å². The predicted octanol–water partition coefficient (Wildman–Crippen LogP) is 4.28. The summed E-state index contributed by atoms with van der Waals surface area (Å²) in [5.41, 5.74) is 2.37. The molecule has 0 bridgehead atoms. The fourth-order valence-electron chi connectivity index (χ4n) is 2.81. The maximum Gasteiger partial charge on any atom is 0.153 e. The van der Waals surface area contributed by atoms with E-state index in [1.165, 1.54) is 20.3 Å². The third-order valence-electron chi connectivity index (χ3n) is 3.74. The Balaban J connectivity index is 2.00. The van der Waals surface area contributed by atoms with Crippen molar-refractivity contribution in [3.63, 3.8) is 0 Å². The number of nitrogens with zero attached hydrogens (tertiary/aromatic N) is 1. The molecule has 88 valence electrons. The van der Waals surface area contributed by atoms with Gasteiger partial charge in [-0.25, -0.2) is 0 Å². The molecular formula is C15H11NOS. The summed E-state index contributed by atoms with van der Waals surface area (Å²) in [6, 6.07) is 10.7. The lowest BCUT2D eigenvalue weighted by molar-refractivity contribution is 0.461. The highest BCUT2D eigenvalue weighted by Gasteiger charge is 2.26. The van der Waals surface area contributed by atoms with Gasteiger partial charge in [0.05, 0.1) is 16.7 Å². The zero-order valence-corrected chi connectivity index (χ0v) is 10.6. The van der Waals surface area contributed by atoms with E-state index in [4.69, 9.17) is 9.68 Å². The van der Waals surface area contributed by atoms with Gasteiger partial charge in [0.1, 0.15) is 5.76 Å². The zero-order valence-electron chi connectivity index (χ0n) is 9.77. The standard InChI is InChI=1S/C15H11NOS/c16-8-9-5-6-10-12(7-9)17-14-11-3-1-2-4-13(11)18-15(10)14/h1-4,9H,5-7H2. The lowest BCUT2D eigenvalue weighted by Gasteiger charge is -2.14. The quantitative estimate of drug-likeness (QED) is 0.599. The number of fused-ring (bicyclic) bond motifs is 5. The summed E-state index contributed by atoms with van der Waals surface area (Å²) >= 11 is 1.82. The molecule has 3 heteroatoms. The fourth-order valence-corrected chi connectivity index (χ4v) is 4.03. The third kappa shape index (κ3) is 1.27. The van der Waals surface area contributed by atoms with E-state index in [2.05, 4.69) is 24.3 Å². The van der Waals surface area contributed by atoms with E-state index in [0.29, 0.717) is 0 Å². The van der Waals surface area contributed by atoms with Crippen LogP contribution in [0.25, 0.3) is 20.4 Å². The van der Waals surface area contributed by atoms with Crippen LogP contribution in [0.5, 0.6) is 0 Å². The van der Waals surface area contributed by atoms with Crippen LogP contribution in [-0.2, 0) is 12.8 Å². The fraction of sp³-hybridized carbons (Fsp3) is 0.267. The Hall–Kier alpha value is -1.79. The molecule has 18 heavy (non-hydrogen) atoms. The Morgan fingerprint density at radius 3 is 3.11 bits per heavy atom. The summed E-state index contributed by atoms with van der Waals surface area (Å²) in [6.45, 7) is 0. The number of rotatable bonds is 0. The molecule has 0 N–H and O–H groups in total. The summed E-state index contributed by atoms with van der Waals surface area (Å²) in [5.74, 6) is 1.17. The molecular weight excluding hydrogens is 242 g/mol. The normalized spacial score (nSPS) is 18.9. The second kappa shape index (κ2) is 3.60. The summed E-state index contributed by atoms with van der Waals surface area (Å²) in [6.07, 6.45) is 2.72. The van der Waals surface area contributed by atoms with Gasteiger partial charge in [0.2, 0.25) is 0 Å². The Kier molecular flexibility index (Phi) is 2.03. The number of benzene rings is 1. The molecule has 1 aliphatic rings. The van der Waals surface area contributed by atoms with Crippen molar-refractivity contribution in [1.29, 1.82) is 5.26 Å². The highest BCUT2D eigenvalue weighted by atomic mass is 32.1. The topological polar surface area (TPSA) is 36.9 Å². The Morgan fingerprint density at radius 2 is 2.22 bits per heavy atom. The van der Waals surface area contributed by atoms with Crippen molar-refractivity contribution in [2.45, 2.75) is 19.3 Å². The smallest absolute Gasteiger partial charge is 0.153 e. The maximum absolute atomic E-state index is 9.02. The molecule has 1 aromatic carbocycles. The predicted molar refractivity (Wildman–Crippen MR) is 72.7 cm³/mol. The molecule has 1 aliphatic carbocycles. The summed E-state index contributed by atoms with van der Waals surface area (Å²) in [7, 11) is 0. The molecule has 0 amide bonds. The Labute approximate surface area is 108 Å². The maximum atomic E-state index is 9.02. The van der Waals surface area contributed by atoms with E-state index in [-0.39, 0.29) is 5.92 Å². The van der Waals surface area contributed by atoms with E-state index in [1.54, 1.807) is 0 Å². The summed E-state index contributed by atoms with van der Waals surface area (Å²) in [5, 5.41) is 10.2. The SMILES string of the molecule is N#CC1CCc2c(oc3c2sc2ccccc23)C1. The van der Waals surface area contributed by atoms with Gasteiger partial charge >= 0.3 is 0 Å². The molecule has 0 saturated carbocycles. The molecule has 4 rings (SSSR count). The van der Waals surface area contributed by atoms with Crippen LogP contribution in [0.3, 0.4) is 0 Å². The molecule has 2 aromatic heterocycles. The van der Waals surface area contributed by atoms with Gasteiger partial charge in [-0.05, 0) is 25.0 Å². The number of aryl methyl sites for hydroxylation is 1. The van der Waals surface area contributed by atoms with Crippen LogP contribution >= 0.6 is 11.3 Å². The van der Waals surface area contributed by atoms with Crippen LogP contribution in [-0.4, -0.2) is 0 Å². The highest BCUT2D eigenvalue weighted by molar-refractivity contribution is 7.25. The first-order chi connectivity index (χ1) is 8.86. The molecule has 1 unspecified atom stereocenters. The molecule has 3 aromatic rings. The van der Waals surface area contributed by atoms with Crippen LogP contribution in [0.1, 0.15) is 17.7 Å². The average molecular weight is 253 g/mol. The van der Waals surface area contributed by atoms with Gasteiger partial charge in [0, 0.05) is 22.1 Å². The molecule has 0 aliphatic heterocycles. The minimum absolute atomic E-state index is 0.129. The summed E-state index contributed by atoms with van der Waals surface area (Å²) in [4.78, 5) is 0. The Morgan fingerprint density at radius 1 is 1.33 bits per heavy atom. The second-order valence-corrected chi connectivity index (χ2v) is 5.88. The van der Waals surface area contributed by atoms with Gasteiger partial charge in [0.25, 0.3) is 0 Å². The first kappa shape index (κ1) is 10.2. The van der Waals surface area contributed by atoms with Gasteiger partial charge in [-0.3, -0.25) is 0 Å². The second-order valence-electron chi connectivity index (χ2n) is 4.83. The number of nitriles is 1. The van der Waals surface area contributed by atoms with Gasteiger partial charge in [-0.2, -0.15) is 5.26 Å². The number of furan rings is 1. The highest BCUT2D eigenvalue weighted by Crippen LogP contribution is 2.42. The van der Waals surface area contributed by atoms with Gasteiger partial charge in [-0.15, -0.1) is 11.3 Å². The van der Waals surface area contributed by atoms with Crippen molar-refractivity contribution in [2.75, 3.05) is 0 Å². The number of thiophene rings is 1. The van der Waals surface area contributed by atoms with E-state index in [9.17, 15) is 0 Å². The first-order valence-corrected chi connectivity index (χ1v) is 7.00. The van der Waals surface area contributed by atoms with Crippen molar-refractivity contribution < 1.29 is 4.42 Å². The number of hydrogen-bond acceptors (Lipinski definition) is 3. The average Bonchev–Trinajstić information content (AvgIpc) is 2.93. The lowest BCUT2D eigenvalue weighted by atomic mass is 9.89. The van der Waals surface area contributed by atoms with E-state index in [0.717, 1.165) is 30.6 Å². The van der Waals surface area contributed by atoms with Gasteiger partial charge in [-0.1, -0.05) is 12.1 Å². The van der Waals surface area contributed by atoms with E-state index >= 15 is 0 Å². The van der Waals surface area contributed by atoms with Crippen molar-refractivity contribution in [3.8, 4) is 6.07 Å². The Bertz CT molecular complexity index is 790. The van der Waals surface area contributed by atoms with Crippen molar-refractivity contribution in [2.24, 2.45) is 5.92 Å². The van der Waals surface area contributed by atoms with Crippen LogP contribution in [0.15, 0.2) is 28.7 Å². The zero-order chi connectivity index (χ0) is 12.1. The molecule has 0 spiro atoms. The lowest BCUT2D eigenvalue weighted by Crippen LogP contribution is -2.10. The minimum atomic E-state index is 0.129. The van der Waals surface area contributed by atoms with Crippen molar-refractivity contribution >= 4 is 31.7 Å². The van der Waals surface area contributed by atoms with Crippen LogP contribution in [0, 0.1) is 17.2 Å². The molecule has 2 heterocycles. The summed E-state index contributed by atoms with van der Waals surface area (Å²) < 4.78 is 8.62. The van der Waals surface area contributed by atoms with Crippen LogP contribution < -0.4 is 0 Å². The molecule has 2 nitrogen and oxygen atoms in total. The minimum Gasteiger partial charge on any atom is -0.459 e. The molecule has 0 fully saturated rings. The molecule has 0 saturated heterocycles. The first-order valence-electron chi connectivity index (χ1n) is 6.18. The van der Waals surface area contributed by atoms with E-state index in [1.807, 2.05) is 17.4 Å². The van der Waals surface area contributed by atoms with E-state index < -0.39 is 0 Å². The molecule has 1 atom stereocenters. The monoisotopic (exact) mass is 253 g/mol. The van der Waals surface area contributed by atoms with Crippen molar-refractivity contribution in [3.05, 3.63) is 35.6 Å².